The average Bonchev–Trinajstić information content (AvgIpc) is 3.02. The Morgan fingerprint density at radius 3 is 3.00 bits per heavy atom. The van der Waals surface area contributed by atoms with Crippen LogP contribution in [-0.2, 0) is 16.1 Å². The molecule has 4 nitrogen and oxygen atoms in total. The lowest BCUT2D eigenvalue weighted by molar-refractivity contribution is -0.143. The van der Waals surface area contributed by atoms with Crippen molar-refractivity contribution in [3.63, 3.8) is 0 Å². The minimum Gasteiger partial charge on any atom is -0.368 e. The number of nitrogens with zero attached hydrogens (tertiary/aromatic N) is 1. The van der Waals surface area contributed by atoms with E-state index in [2.05, 4.69) is 27.0 Å². The third-order valence-corrected chi connectivity index (χ3v) is 6.28. The van der Waals surface area contributed by atoms with E-state index in [-0.39, 0.29) is 12.0 Å². The molecule has 1 aromatic heterocycles. The zero-order valence-corrected chi connectivity index (χ0v) is 13.7. The van der Waals surface area contributed by atoms with E-state index in [4.69, 9.17) is 4.74 Å². The molecule has 1 saturated carbocycles. The van der Waals surface area contributed by atoms with Crippen LogP contribution in [0.4, 0.5) is 0 Å². The Hall–Kier alpha value is -0.910. The van der Waals surface area contributed by atoms with E-state index >= 15 is 0 Å². The first-order valence-corrected chi connectivity index (χ1v) is 9.37. The summed E-state index contributed by atoms with van der Waals surface area (Å²) in [5, 5.41) is 7.70. The van der Waals surface area contributed by atoms with Gasteiger partial charge >= 0.3 is 0 Å². The Bertz CT molecular complexity index is 519. The molecule has 1 N–H and O–H groups in total. The predicted molar refractivity (Wildman–Crippen MR) is 86.8 cm³/mol. The second-order valence-electron chi connectivity index (χ2n) is 6.93. The Kier molecular flexibility index (Phi) is 3.96. The van der Waals surface area contributed by atoms with Crippen LogP contribution in [0.15, 0.2) is 16.8 Å². The highest BCUT2D eigenvalue weighted by Gasteiger charge is 2.58. The van der Waals surface area contributed by atoms with Crippen LogP contribution in [0.25, 0.3) is 0 Å². The molecule has 1 aromatic rings. The Labute approximate surface area is 135 Å². The zero-order chi connectivity index (χ0) is 15.0. The Morgan fingerprint density at radius 2 is 2.32 bits per heavy atom. The molecule has 5 heteroatoms. The fraction of sp³-hybridized carbons (Fsp3) is 0.706. The molecule has 2 saturated heterocycles. The van der Waals surface area contributed by atoms with Gasteiger partial charge in [0.25, 0.3) is 5.91 Å². The maximum Gasteiger partial charge on any atom is 0.252 e. The SMILES string of the molecule is O=C([C@H]1CCCO1)N(Cc1ccsc1)[C@H]1CC12CCNCC2. The molecule has 3 heterocycles. The number of amides is 1. The molecule has 3 fully saturated rings. The molecule has 0 bridgehead atoms. The fourth-order valence-electron chi connectivity index (χ4n) is 4.11. The molecular weight excluding hydrogens is 296 g/mol. The van der Waals surface area contributed by atoms with E-state index < -0.39 is 0 Å². The second kappa shape index (κ2) is 5.95. The molecule has 4 rings (SSSR count). The van der Waals surface area contributed by atoms with E-state index in [1.807, 2.05) is 0 Å². The average molecular weight is 320 g/mol. The van der Waals surface area contributed by atoms with Gasteiger partial charge in [-0.25, -0.2) is 0 Å². The van der Waals surface area contributed by atoms with Crippen LogP contribution in [0, 0.1) is 5.41 Å². The van der Waals surface area contributed by atoms with E-state index in [1.54, 1.807) is 11.3 Å². The quantitative estimate of drug-likeness (QED) is 0.926. The minimum absolute atomic E-state index is 0.196. The highest BCUT2D eigenvalue weighted by Crippen LogP contribution is 2.56. The summed E-state index contributed by atoms with van der Waals surface area (Å²) >= 11 is 1.71. The lowest BCUT2D eigenvalue weighted by atomic mass is 9.93. The van der Waals surface area contributed by atoms with Gasteiger partial charge in [0.1, 0.15) is 6.10 Å². The van der Waals surface area contributed by atoms with E-state index in [1.165, 1.54) is 24.8 Å². The number of piperidine rings is 1. The molecule has 3 aliphatic rings. The molecule has 0 unspecified atom stereocenters. The van der Waals surface area contributed by atoms with Crippen molar-refractivity contribution in [2.24, 2.45) is 5.41 Å². The molecule has 1 amide bonds. The summed E-state index contributed by atoms with van der Waals surface area (Å²) in [7, 11) is 0. The van der Waals surface area contributed by atoms with Crippen molar-refractivity contribution in [1.82, 2.24) is 10.2 Å². The molecule has 0 radical (unpaired) electrons. The zero-order valence-electron chi connectivity index (χ0n) is 12.9. The van der Waals surface area contributed by atoms with Gasteiger partial charge < -0.3 is 15.0 Å². The van der Waals surface area contributed by atoms with Crippen molar-refractivity contribution in [3.05, 3.63) is 22.4 Å². The van der Waals surface area contributed by atoms with Crippen molar-refractivity contribution < 1.29 is 9.53 Å². The third kappa shape index (κ3) is 2.70. The lowest BCUT2D eigenvalue weighted by Crippen LogP contribution is -2.43. The van der Waals surface area contributed by atoms with Crippen LogP contribution < -0.4 is 5.32 Å². The number of carbonyl (C=O) groups is 1. The molecule has 1 spiro atoms. The standard InChI is InChI=1S/C17H24N2O2S/c20-16(14-2-1-8-21-14)19(11-13-3-9-22-12-13)15-10-17(15)4-6-18-7-5-17/h3,9,12,14-15,18H,1-2,4-8,10-11H2/t14-,15+/m1/s1. The van der Waals surface area contributed by atoms with Crippen LogP contribution in [0.3, 0.4) is 0 Å². The van der Waals surface area contributed by atoms with E-state index in [0.29, 0.717) is 11.5 Å². The minimum atomic E-state index is -0.196. The third-order valence-electron chi connectivity index (χ3n) is 5.54. The molecule has 120 valence electrons. The van der Waals surface area contributed by atoms with Gasteiger partial charge in [-0.3, -0.25) is 4.79 Å². The number of rotatable bonds is 4. The largest absolute Gasteiger partial charge is 0.368 e. The highest BCUT2D eigenvalue weighted by molar-refractivity contribution is 7.07. The molecule has 2 aliphatic heterocycles. The summed E-state index contributed by atoms with van der Waals surface area (Å²) in [4.78, 5) is 15.1. The first kappa shape index (κ1) is 14.7. The van der Waals surface area contributed by atoms with Crippen LogP contribution in [0.1, 0.15) is 37.7 Å². The number of hydrogen-bond acceptors (Lipinski definition) is 4. The van der Waals surface area contributed by atoms with Gasteiger partial charge in [-0.15, -0.1) is 0 Å². The summed E-state index contributed by atoms with van der Waals surface area (Å²) in [6.45, 7) is 3.68. The van der Waals surface area contributed by atoms with Crippen molar-refractivity contribution in [2.45, 2.75) is 50.8 Å². The van der Waals surface area contributed by atoms with Crippen molar-refractivity contribution in [2.75, 3.05) is 19.7 Å². The van der Waals surface area contributed by atoms with Crippen LogP contribution >= 0.6 is 11.3 Å². The Morgan fingerprint density at radius 1 is 1.45 bits per heavy atom. The normalized spacial score (nSPS) is 29.6. The number of carbonyl (C=O) groups excluding carboxylic acids is 1. The van der Waals surface area contributed by atoms with Gasteiger partial charge in [0, 0.05) is 19.2 Å². The van der Waals surface area contributed by atoms with Gasteiger partial charge in [0.2, 0.25) is 0 Å². The van der Waals surface area contributed by atoms with Gasteiger partial charge in [0.15, 0.2) is 0 Å². The number of thiophene rings is 1. The van der Waals surface area contributed by atoms with Crippen molar-refractivity contribution >= 4 is 17.2 Å². The summed E-state index contributed by atoms with van der Waals surface area (Å²) in [6, 6.07) is 2.56. The highest BCUT2D eigenvalue weighted by atomic mass is 32.1. The summed E-state index contributed by atoms with van der Waals surface area (Å²) in [5.74, 6) is 0.226. The van der Waals surface area contributed by atoms with E-state index in [0.717, 1.165) is 39.1 Å². The van der Waals surface area contributed by atoms with Gasteiger partial charge in [-0.2, -0.15) is 11.3 Å². The predicted octanol–water partition coefficient (Wildman–Crippen LogP) is 2.40. The Balaban J connectivity index is 1.51. The fourth-order valence-corrected chi connectivity index (χ4v) is 4.77. The summed E-state index contributed by atoms with van der Waals surface area (Å²) < 4.78 is 5.67. The topological polar surface area (TPSA) is 41.6 Å². The second-order valence-corrected chi connectivity index (χ2v) is 7.71. The monoisotopic (exact) mass is 320 g/mol. The van der Waals surface area contributed by atoms with Crippen LogP contribution in [0.5, 0.6) is 0 Å². The number of hydrogen-bond donors (Lipinski definition) is 1. The van der Waals surface area contributed by atoms with Gasteiger partial charge in [-0.1, -0.05) is 0 Å². The first-order chi connectivity index (χ1) is 10.8. The maximum absolute atomic E-state index is 13.0. The molecule has 2 atom stereocenters. The smallest absolute Gasteiger partial charge is 0.252 e. The number of ether oxygens (including phenoxy) is 1. The molecule has 1 aliphatic carbocycles. The first-order valence-electron chi connectivity index (χ1n) is 8.42. The lowest BCUT2D eigenvalue weighted by Gasteiger charge is -2.31. The van der Waals surface area contributed by atoms with Gasteiger partial charge in [0.05, 0.1) is 0 Å². The molecule has 0 aromatic carbocycles. The van der Waals surface area contributed by atoms with Crippen LogP contribution in [-0.4, -0.2) is 42.6 Å². The van der Waals surface area contributed by atoms with Crippen molar-refractivity contribution in [3.8, 4) is 0 Å². The maximum atomic E-state index is 13.0. The van der Waals surface area contributed by atoms with Crippen LogP contribution in [0.2, 0.25) is 0 Å². The summed E-state index contributed by atoms with van der Waals surface area (Å²) in [6.07, 6.45) is 5.30. The van der Waals surface area contributed by atoms with E-state index in [9.17, 15) is 4.79 Å². The summed E-state index contributed by atoms with van der Waals surface area (Å²) in [5.41, 5.74) is 1.64. The number of nitrogens with one attached hydrogen (secondary N) is 1. The molecule has 22 heavy (non-hydrogen) atoms. The van der Waals surface area contributed by atoms with Gasteiger partial charge in [-0.05, 0) is 73.0 Å². The molecular formula is C17H24N2O2S. The van der Waals surface area contributed by atoms with Crippen molar-refractivity contribution in [1.29, 1.82) is 0 Å².